The molecule has 9 heteroatoms. The minimum Gasteiger partial charge on any atom is -0.457 e. The third-order valence-electron chi connectivity index (χ3n) is 7.74. The minimum atomic E-state index is -0.406. The molecular formula is C32H22ClN3O4S. The number of hydrogen-bond donors (Lipinski definition) is 0. The molecule has 1 atom stereocenters. The van der Waals surface area contributed by atoms with Crippen molar-refractivity contribution in [2.24, 2.45) is 4.99 Å². The lowest BCUT2D eigenvalue weighted by molar-refractivity contribution is -0.385. The fraction of sp³-hybridized carbons (Fsp3) is 0.125. The largest absolute Gasteiger partial charge is 0.457 e. The number of aryl methyl sites for hydroxylation is 1. The summed E-state index contributed by atoms with van der Waals surface area (Å²) in [5.41, 5.74) is 6.19. The third kappa shape index (κ3) is 4.18. The summed E-state index contributed by atoms with van der Waals surface area (Å²) in [6.45, 7) is 1.70. The second-order valence-electron chi connectivity index (χ2n) is 10.0. The van der Waals surface area contributed by atoms with E-state index in [4.69, 9.17) is 21.0 Å². The summed E-state index contributed by atoms with van der Waals surface area (Å²) in [5, 5.41) is 12.0. The smallest absolute Gasteiger partial charge is 0.273 e. The van der Waals surface area contributed by atoms with Crippen molar-refractivity contribution in [1.29, 1.82) is 0 Å². The van der Waals surface area contributed by atoms with Crippen LogP contribution in [0.3, 0.4) is 0 Å². The van der Waals surface area contributed by atoms with Crippen molar-refractivity contribution >= 4 is 40.4 Å². The summed E-state index contributed by atoms with van der Waals surface area (Å²) in [6.07, 6.45) is 3.35. The Kier molecular flexibility index (Phi) is 6.10. The van der Waals surface area contributed by atoms with E-state index < -0.39 is 4.92 Å². The average Bonchev–Trinajstić information content (AvgIpc) is 3.56. The van der Waals surface area contributed by atoms with Gasteiger partial charge in [0.1, 0.15) is 11.5 Å². The first-order chi connectivity index (χ1) is 19.9. The van der Waals surface area contributed by atoms with Gasteiger partial charge in [-0.2, -0.15) is 0 Å². The maximum atomic E-state index is 14.0. The van der Waals surface area contributed by atoms with Gasteiger partial charge in [-0.1, -0.05) is 77.5 Å². The molecule has 41 heavy (non-hydrogen) atoms. The molecule has 0 saturated carbocycles. The SMILES string of the molecule is Cc1c(-c2ccc(/C=c3\sc4n(c3=O)C(c3ccccc3Cl)C3=C(N=4)c4ccccc4CC3)o2)cccc1[N+](=O)[O-]. The number of benzene rings is 3. The number of furan rings is 1. The molecule has 0 saturated heterocycles. The Hall–Kier alpha value is -4.53. The quantitative estimate of drug-likeness (QED) is 0.181. The van der Waals surface area contributed by atoms with Crippen LogP contribution in [-0.2, 0) is 6.42 Å². The Balaban J connectivity index is 1.39. The summed E-state index contributed by atoms with van der Waals surface area (Å²) in [5.74, 6) is 0.964. The number of hydrogen-bond acceptors (Lipinski definition) is 6. The molecule has 5 aromatic rings. The van der Waals surface area contributed by atoms with E-state index in [9.17, 15) is 14.9 Å². The van der Waals surface area contributed by atoms with Crippen LogP contribution < -0.4 is 14.9 Å². The zero-order valence-electron chi connectivity index (χ0n) is 21.8. The molecule has 2 aliphatic rings. The predicted molar refractivity (Wildman–Crippen MR) is 160 cm³/mol. The Morgan fingerprint density at radius 2 is 1.80 bits per heavy atom. The van der Waals surface area contributed by atoms with E-state index in [0.717, 1.165) is 35.2 Å². The van der Waals surface area contributed by atoms with Crippen molar-refractivity contribution in [3.63, 3.8) is 0 Å². The van der Waals surface area contributed by atoms with E-state index in [1.54, 1.807) is 41.8 Å². The van der Waals surface area contributed by atoms with Crippen molar-refractivity contribution in [2.75, 3.05) is 0 Å². The molecule has 3 heterocycles. The highest BCUT2D eigenvalue weighted by Crippen LogP contribution is 2.42. The summed E-state index contributed by atoms with van der Waals surface area (Å²) in [7, 11) is 0. The van der Waals surface area contributed by atoms with E-state index in [1.807, 2.05) is 36.4 Å². The Morgan fingerprint density at radius 3 is 2.63 bits per heavy atom. The first-order valence-electron chi connectivity index (χ1n) is 13.1. The monoisotopic (exact) mass is 579 g/mol. The molecule has 1 aliphatic heterocycles. The standard InChI is InChI=1S/C32H22ClN3O4S/c1-18-21(10-6-12-26(18)36(38)39)27-16-14-20(40-27)17-28-31(37)35-30(23-9-4-5-11-25(23)33)24-15-13-19-7-2-3-8-22(19)29(24)34-32(35)41-28/h2-12,14,16-17,30H,13,15H2,1H3/b28-17-. The molecule has 7 rings (SSSR count). The Bertz CT molecular complexity index is 2100. The molecular weight excluding hydrogens is 558 g/mol. The van der Waals surface area contributed by atoms with Crippen LogP contribution in [0.1, 0.15) is 40.5 Å². The molecule has 0 radical (unpaired) electrons. The fourth-order valence-electron chi connectivity index (χ4n) is 5.79. The first-order valence-corrected chi connectivity index (χ1v) is 14.3. The third-order valence-corrected chi connectivity index (χ3v) is 9.07. The van der Waals surface area contributed by atoms with Crippen LogP contribution in [0.15, 0.2) is 98.6 Å². The van der Waals surface area contributed by atoms with Crippen molar-refractivity contribution in [3.05, 3.63) is 147 Å². The van der Waals surface area contributed by atoms with Crippen molar-refractivity contribution in [2.45, 2.75) is 25.8 Å². The van der Waals surface area contributed by atoms with Crippen LogP contribution in [0, 0.1) is 17.0 Å². The van der Waals surface area contributed by atoms with E-state index in [1.165, 1.54) is 23.0 Å². The predicted octanol–water partition coefficient (Wildman–Crippen LogP) is 6.45. The maximum absolute atomic E-state index is 14.0. The Morgan fingerprint density at radius 1 is 1.02 bits per heavy atom. The topological polar surface area (TPSA) is 90.6 Å². The molecule has 0 bridgehead atoms. The van der Waals surface area contributed by atoms with E-state index in [2.05, 4.69) is 12.1 Å². The van der Waals surface area contributed by atoms with Crippen LogP contribution in [0.5, 0.6) is 0 Å². The number of halogens is 1. The van der Waals surface area contributed by atoms with Crippen LogP contribution in [0.4, 0.5) is 5.69 Å². The second-order valence-corrected chi connectivity index (χ2v) is 11.5. The first kappa shape index (κ1) is 25.4. The van der Waals surface area contributed by atoms with Crippen LogP contribution >= 0.6 is 22.9 Å². The number of nitro groups is 1. The number of nitro benzene ring substituents is 1. The van der Waals surface area contributed by atoms with Gasteiger partial charge in [0.25, 0.3) is 11.2 Å². The highest BCUT2D eigenvalue weighted by atomic mass is 35.5. The van der Waals surface area contributed by atoms with Crippen LogP contribution in [0.25, 0.3) is 23.1 Å². The minimum absolute atomic E-state index is 0.0267. The van der Waals surface area contributed by atoms with E-state index >= 15 is 0 Å². The highest BCUT2D eigenvalue weighted by Gasteiger charge is 2.33. The number of fused-ring (bicyclic) bond motifs is 3. The summed E-state index contributed by atoms with van der Waals surface area (Å²) in [6, 6.07) is 24.0. The molecule has 202 valence electrons. The molecule has 2 aromatic heterocycles. The summed E-state index contributed by atoms with van der Waals surface area (Å²) < 4.78 is 8.29. The number of thiazole rings is 1. The van der Waals surface area contributed by atoms with Gasteiger partial charge < -0.3 is 4.42 Å². The molecule has 1 aliphatic carbocycles. The van der Waals surface area contributed by atoms with Crippen molar-refractivity contribution < 1.29 is 9.34 Å². The molecule has 1 unspecified atom stereocenters. The van der Waals surface area contributed by atoms with Gasteiger partial charge in [0.05, 0.1) is 21.2 Å². The number of allylic oxidation sites excluding steroid dienone is 1. The van der Waals surface area contributed by atoms with Gasteiger partial charge in [0, 0.05) is 33.9 Å². The zero-order valence-corrected chi connectivity index (χ0v) is 23.4. The molecule has 0 fully saturated rings. The van der Waals surface area contributed by atoms with Crippen molar-refractivity contribution in [1.82, 2.24) is 4.57 Å². The molecule has 0 amide bonds. The second kappa shape index (κ2) is 9.83. The van der Waals surface area contributed by atoms with Gasteiger partial charge in [-0.15, -0.1) is 0 Å². The maximum Gasteiger partial charge on any atom is 0.273 e. The van der Waals surface area contributed by atoms with E-state index in [0.29, 0.717) is 37.0 Å². The lowest BCUT2D eigenvalue weighted by Crippen LogP contribution is -2.38. The Labute approximate surface area is 243 Å². The lowest BCUT2D eigenvalue weighted by Gasteiger charge is -2.31. The van der Waals surface area contributed by atoms with Gasteiger partial charge in [-0.05, 0) is 54.7 Å². The number of aromatic nitrogens is 1. The van der Waals surface area contributed by atoms with Crippen LogP contribution in [0.2, 0.25) is 5.02 Å². The van der Waals surface area contributed by atoms with Gasteiger partial charge in [0.15, 0.2) is 4.80 Å². The molecule has 0 spiro atoms. The summed E-state index contributed by atoms with van der Waals surface area (Å²) >= 11 is 8.03. The van der Waals surface area contributed by atoms with Gasteiger partial charge >= 0.3 is 0 Å². The van der Waals surface area contributed by atoms with Gasteiger partial charge in [-0.25, -0.2) is 4.99 Å². The van der Waals surface area contributed by atoms with Gasteiger partial charge in [-0.3, -0.25) is 19.5 Å². The zero-order chi connectivity index (χ0) is 28.2. The summed E-state index contributed by atoms with van der Waals surface area (Å²) in [4.78, 5) is 30.6. The molecule has 0 N–H and O–H groups in total. The van der Waals surface area contributed by atoms with Gasteiger partial charge in [0.2, 0.25) is 0 Å². The average molecular weight is 580 g/mol. The molecule has 7 nitrogen and oxygen atoms in total. The fourth-order valence-corrected chi connectivity index (χ4v) is 7.01. The van der Waals surface area contributed by atoms with E-state index in [-0.39, 0.29) is 17.3 Å². The lowest BCUT2D eigenvalue weighted by atomic mass is 9.83. The van der Waals surface area contributed by atoms with Crippen LogP contribution in [-0.4, -0.2) is 9.49 Å². The number of rotatable bonds is 4. The van der Waals surface area contributed by atoms with Crippen molar-refractivity contribution in [3.8, 4) is 11.3 Å². The highest BCUT2D eigenvalue weighted by molar-refractivity contribution is 7.07. The number of nitrogens with zero attached hydrogens (tertiary/aromatic N) is 3. The normalized spacial score (nSPS) is 16.1. The molecule has 3 aromatic carbocycles.